The number of fused-ring (bicyclic) bond motifs is 1. The van der Waals surface area contributed by atoms with Crippen LogP contribution in [0.5, 0.6) is 0 Å². The van der Waals surface area contributed by atoms with Gasteiger partial charge in [0, 0.05) is 12.2 Å². The topological polar surface area (TPSA) is 20.3 Å². The van der Waals surface area contributed by atoms with Gasteiger partial charge in [0.15, 0.2) is 5.78 Å². The van der Waals surface area contributed by atoms with Crippen molar-refractivity contribution in [2.24, 2.45) is 0 Å². The molecule has 0 bridgehead atoms. The summed E-state index contributed by atoms with van der Waals surface area (Å²) in [5.41, 5.74) is 2.29. The van der Waals surface area contributed by atoms with Gasteiger partial charge in [-0.2, -0.15) is 0 Å². The van der Waals surface area contributed by atoms with Crippen molar-refractivity contribution in [3.63, 3.8) is 0 Å². The Bertz CT molecular complexity index is 686. The smallest absolute Gasteiger partial charge is 0.184 e. The van der Waals surface area contributed by atoms with Crippen LogP contribution in [-0.4, -0.2) is 18.9 Å². The van der Waals surface area contributed by atoms with Gasteiger partial charge in [-0.25, -0.2) is 4.39 Å². The van der Waals surface area contributed by atoms with Crippen LogP contribution in [0.15, 0.2) is 24.3 Å². The van der Waals surface area contributed by atoms with Crippen molar-refractivity contribution in [3.8, 4) is 0 Å². The van der Waals surface area contributed by atoms with Crippen LogP contribution in [0, 0.1) is 5.82 Å². The lowest BCUT2D eigenvalue weighted by molar-refractivity contribution is 0.1000. The minimum absolute atomic E-state index is 0.102. The molecule has 6 heteroatoms. The van der Waals surface area contributed by atoms with Crippen LogP contribution in [0.3, 0.4) is 0 Å². The van der Waals surface area contributed by atoms with Gasteiger partial charge in [-0.15, -0.1) is 11.3 Å². The highest BCUT2D eigenvalue weighted by Gasteiger charge is 2.23. The molecule has 2 heterocycles. The average molecular weight is 330 g/mol. The standard InChI is InChI=1S/C14H10Cl2FNOS/c15-13-6-10(14(16)20-13)12(19)7-18-4-3-8-1-2-9(17)5-11(8)18/h1-2,5-6H,3-4,7H2. The van der Waals surface area contributed by atoms with Gasteiger partial charge in [0.25, 0.3) is 0 Å². The number of anilines is 1. The van der Waals surface area contributed by atoms with Gasteiger partial charge in [-0.1, -0.05) is 29.3 Å². The Morgan fingerprint density at radius 1 is 1.35 bits per heavy atom. The predicted molar refractivity (Wildman–Crippen MR) is 81.0 cm³/mol. The Balaban J connectivity index is 1.82. The number of Topliss-reactive ketones (excluding diaryl/α,β-unsaturated/α-hetero) is 1. The molecule has 0 aliphatic carbocycles. The quantitative estimate of drug-likeness (QED) is 0.776. The molecule has 0 atom stereocenters. The molecule has 0 saturated carbocycles. The molecule has 1 aromatic carbocycles. The molecule has 20 heavy (non-hydrogen) atoms. The zero-order chi connectivity index (χ0) is 14.3. The second kappa shape index (κ2) is 5.35. The van der Waals surface area contributed by atoms with E-state index in [0.717, 1.165) is 17.7 Å². The molecule has 104 valence electrons. The van der Waals surface area contributed by atoms with E-state index in [1.807, 2.05) is 4.90 Å². The molecule has 0 saturated heterocycles. The van der Waals surface area contributed by atoms with Gasteiger partial charge in [0.1, 0.15) is 10.2 Å². The Labute approximate surface area is 129 Å². The third kappa shape index (κ3) is 2.55. The van der Waals surface area contributed by atoms with Crippen LogP contribution >= 0.6 is 34.5 Å². The predicted octanol–water partition coefficient (Wildman–Crippen LogP) is 4.44. The lowest BCUT2D eigenvalue weighted by atomic mass is 10.1. The Morgan fingerprint density at radius 3 is 2.85 bits per heavy atom. The third-order valence-electron chi connectivity index (χ3n) is 3.33. The molecule has 3 rings (SSSR count). The first-order valence-corrected chi connectivity index (χ1v) is 7.63. The van der Waals surface area contributed by atoms with Gasteiger partial charge in [-0.3, -0.25) is 4.79 Å². The summed E-state index contributed by atoms with van der Waals surface area (Å²) in [7, 11) is 0. The van der Waals surface area contributed by atoms with Crippen LogP contribution in [0.2, 0.25) is 8.67 Å². The SMILES string of the molecule is O=C(CN1CCc2ccc(F)cc21)c1cc(Cl)sc1Cl. The van der Waals surface area contributed by atoms with Crippen molar-refractivity contribution in [1.82, 2.24) is 0 Å². The highest BCUT2D eigenvalue weighted by atomic mass is 35.5. The van der Waals surface area contributed by atoms with Crippen molar-refractivity contribution in [3.05, 3.63) is 49.9 Å². The van der Waals surface area contributed by atoms with Crippen molar-refractivity contribution >= 4 is 46.0 Å². The molecule has 1 aliphatic heterocycles. The molecule has 0 fully saturated rings. The van der Waals surface area contributed by atoms with E-state index >= 15 is 0 Å². The average Bonchev–Trinajstić information content (AvgIpc) is 2.93. The van der Waals surface area contributed by atoms with Gasteiger partial charge in [0.05, 0.1) is 16.4 Å². The zero-order valence-corrected chi connectivity index (χ0v) is 12.7. The number of benzene rings is 1. The summed E-state index contributed by atoms with van der Waals surface area (Å²) in [6.45, 7) is 0.892. The number of hydrogen-bond acceptors (Lipinski definition) is 3. The highest BCUT2D eigenvalue weighted by molar-refractivity contribution is 7.20. The van der Waals surface area contributed by atoms with Crippen molar-refractivity contribution in [1.29, 1.82) is 0 Å². The Kier molecular flexibility index (Phi) is 3.71. The Hall–Kier alpha value is -1.10. The summed E-state index contributed by atoms with van der Waals surface area (Å²) in [5.74, 6) is -0.394. The van der Waals surface area contributed by atoms with Crippen LogP contribution in [-0.2, 0) is 6.42 Å². The first-order valence-electron chi connectivity index (χ1n) is 6.06. The van der Waals surface area contributed by atoms with E-state index < -0.39 is 0 Å². The molecule has 0 radical (unpaired) electrons. The molecule has 1 aromatic heterocycles. The van der Waals surface area contributed by atoms with E-state index in [1.165, 1.54) is 23.5 Å². The first kappa shape index (κ1) is 13.9. The molecule has 2 nitrogen and oxygen atoms in total. The number of hydrogen-bond donors (Lipinski definition) is 0. The molecule has 2 aromatic rings. The molecule has 1 aliphatic rings. The summed E-state index contributed by atoms with van der Waals surface area (Å²) < 4.78 is 14.2. The van der Waals surface area contributed by atoms with Crippen LogP contribution < -0.4 is 4.90 Å². The lowest BCUT2D eigenvalue weighted by Gasteiger charge is -2.18. The van der Waals surface area contributed by atoms with Gasteiger partial charge in [0.2, 0.25) is 0 Å². The van der Waals surface area contributed by atoms with E-state index in [9.17, 15) is 9.18 Å². The first-order chi connectivity index (χ1) is 9.54. The molecule has 0 unspecified atom stereocenters. The normalized spacial score (nSPS) is 13.7. The number of rotatable bonds is 3. The van der Waals surface area contributed by atoms with Crippen molar-refractivity contribution < 1.29 is 9.18 Å². The molecule has 0 N–H and O–H groups in total. The molecular weight excluding hydrogens is 320 g/mol. The maximum atomic E-state index is 13.3. The number of nitrogens with zero attached hydrogens (tertiary/aromatic N) is 1. The zero-order valence-electron chi connectivity index (χ0n) is 10.3. The number of halogens is 3. The minimum atomic E-state index is -0.292. The second-order valence-corrected chi connectivity index (χ2v) is 6.89. The number of ketones is 1. The molecule has 0 spiro atoms. The fourth-order valence-electron chi connectivity index (χ4n) is 2.37. The van der Waals surface area contributed by atoms with Crippen LogP contribution in [0.1, 0.15) is 15.9 Å². The summed E-state index contributed by atoms with van der Waals surface area (Å²) >= 11 is 13.0. The van der Waals surface area contributed by atoms with E-state index in [4.69, 9.17) is 23.2 Å². The van der Waals surface area contributed by atoms with Crippen LogP contribution in [0.25, 0.3) is 0 Å². The maximum Gasteiger partial charge on any atom is 0.184 e. The fraction of sp³-hybridized carbons (Fsp3) is 0.214. The summed E-state index contributed by atoms with van der Waals surface area (Å²) in [6.07, 6.45) is 0.820. The minimum Gasteiger partial charge on any atom is -0.363 e. The second-order valence-electron chi connectivity index (χ2n) is 4.61. The van der Waals surface area contributed by atoms with E-state index in [0.29, 0.717) is 20.8 Å². The molecular formula is C14H10Cl2FNOS. The number of carbonyl (C=O) groups excluding carboxylic acids is 1. The van der Waals surface area contributed by atoms with Gasteiger partial charge >= 0.3 is 0 Å². The summed E-state index contributed by atoms with van der Waals surface area (Å²) in [5, 5.41) is 0. The van der Waals surface area contributed by atoms with Gasteiger partial charge < -0.3 is 4.90 Å². The number of carbonyl (C=O) groups is 1. The fourth-order valence-corrected chi connectivity index (χ4v) is 3.87. The lowest BCUT2D eigenvalue weighted by Crippen LogP contribution is -2.28. The Morgan fingerprint density at radius 2 is 2.15 bits per heavy atom. The van der Waals surface area contributed by atoms with E-state index in [-0.39, 0.29) is 18.1 Å². The van der Waals surface area contributed by atoms with Crippen molar-refractivity contribution in [2.75, 3.05) is 18.0 Å². The highest BCUT2D eigenvalue weighted by Crippen LogP contribution is 2.33. The third-order valence-corrected chi connectivity index (χ3v) is 4.82. The largest absolute Gasteiger partial charge is 0.363 e. The molecule has 0 amide bonds. The van der Waals surface area contributed by atoms with E-state index in [1.54, 1.807) is 12.1 Å². The van der Waals surface area contributed by atoms with E-state index in [2.05, 4.69) is 0 Å². The van der Waals surface area contributed by atoms with Crippen LogP contribution in [0.4, 0.5) is 10.1 Å². The summed E-state index contributed by atoms with van der Waals surface area (Å²) in [6, 6.07) is 6.26. The maximum absolute atomic E-state index is 13.3. The number of thiophene rings is 1. The summed E-state index contributed by atoms with van der Waals surface area (Å²) in [4.78, 5) is 14.1. The van der Waals surface area contributed by atoms with Crippen molar-refractivity contribution in [2.45, 2.75) is 6.42 Å². The monoisotopic (exact) mass is 329 g/mol. The van der Waals surface area contributed by atoms with Gasteiger partial charge in [-0.05, 0) is 30.2 Å².